The van der Waals surface area contributed by atoms with Crippen molar-refractivity contribution in [1.82, 2.24) is 0 Å². The number of benzene rings is 1. The summed E-state index contributed by atoms with van der Waals surface area (Å²) < 4.78 is 0. The summed E-state index contributed by atoms with van der Waals surface area (Å²) in [5.41, 5.74) is 1.30. The van der Waals surface area contributed by atoms with Crippen molar-refractivity contribution in [3.63, 3.8) is 0 Å². The fraction of sp³-hybridized carbons (Fsp3) is 0.500. The van der Waals surface area contributed by atoms with Gasteiger partial charge >= 0.3 is 0 Å². The Hall–Kier alpha value is -1.11. The minimum atomic E-state index is 0.274. The molecule has 0 saturated heterocycles. The summed E-state index contributed by atoms with van der Waals surface area (Å²) in [6, 6.07) is 10.4. The highest BCUT2D eigenvalue weighted by molar-refractivity contribution is 5.84. The van der Waals surface area contributed by atoms with E-state index >= 15 is 0 Å². The van der Waals surface area contributed by atoms with E-state index in [1.807, 2.05) is 18.2 Å². The van der Waals surface area contributed by atoms with Crippen LogP contribution < -0.4 is 0 Å². The molecule has 0 spiro atoms. The molecule has 1 aliphatic rings. The Labute approximate surface area is 91.5 Å². The quantitative estimate of drug-likeness (QED) is 0.719. The zero-order chi connectivity index (χ0) is 10.7. The van der Waals surface area contributed by atoms with E-state index in [0.29, 0.717) is 5.78 Å². The van der Waals surface area contributed by atoms with Crippen LogP contribution in [0.15, 0.2) is 30.3 Å². The Morgan fingerprint density at radius 3 is 2.67 bits per heavy atom. The molecule has 1 aromatic carbocycles. The molecular formula is C14H18O. The van der Waals surface area contributed by atoms with Crippen molar-refractivity contribution >= 4 is 5.78 Å². The summed E-state index contributed by atoms with van der Waals surface area (Å²) in [7, 11) is 0. The second kappa shape index (κ2) is 4.61. The van der Waals surface area contributed by atoms with E-state index in [4.69, 9.17) is 0 Å². The number of hydrogen-bond acceptors (Lipinski definition) is 1. The van der Waals surface area contributed by atoms with Gasteiger partial charge in [-0.3, -0.25) is 4.79 Å². The second-order valence-corrected chi connectivity index (χ2v) is 4.62. The Morgan fingerprint density at radius 2 is 1.93 bits per heavy atom. The molecule has 0 aromatic heterocycles. The lowest BCUT2D eigenvalue weighted by atomic mass is 9.78. The number of carbonyl (C=O) groups excluding carboxylic acids is 1. The maximum Gasteiger partial charge on any atom is 0.139 e. The van der Waals surface area contributed by atoms with Gasteiger partial charge in [0.15, 0.2) is 0 Å². The lowest BCUT2D eigenvalue weighted by molar-refractivity contribution is -0.128. The normalized spacial score (nSPS) is 26.6. The molecule has 0 radical (unpaired) electrons. The molecule has 1 nitrogen and oxygen atoms in total. The Bertz CT molecular complexity index is 328. The Morgan fingerprint density at radius 1 is 1.20 bits per heavy atom. The first-order chi connectivity index (χ1) is 7.27. The molecule has 1 saturated carbocycles. The van der Waals surface area contributed by atoms with Crippen LogP contribution in [-0.4, -0.2) is 5.78 Å². The third-order valence-electron chi connectivity index (χ3n) is 3.40. The number of rotatable bonds is 2. The summed E-state index contributed by atoms with van der Waals surface area (Å²) in [5, 5.41) is 0. The van der Waals surface area contributed by atoms with E-state index in [9.17, 15) is 4.79 Å². The first-order valence-corrected chi connectivity index (χ1v) is 5.85. The fourth-order valence-electron chi connectivity index (χ4n) is 2.46. The van der Waals surface area contributed by atoms with Crippen molar-refractivity contribution in [3.05, 3.63) is 35.9 Å². The molecule has 2 atom stereocenters. The zero-order valence-electron chi connectivity index (χ0n) is 9.28. The molecule has 0 heterocycles. The number of Topliss-reactive ketones (excluding diaryl/α,β-unsaturated/α-hetero) is 1. The smallest absolute Gasteiger partial charge is 0.139 e. The van der Waals surface area contributed by atoms with E-state index in [2.05, 4.69) is 19.1 Å². The highest BCUT2D eigenvalue weighted by Gasteiger charge is 2.27. The molecule has 0 unspecified atom stereocenters. The van der Waals surface area contributed by atoms with Crippen molar-refractivity contribution < 1.29 is 4.79 Å². The van der Waals surface area contributed by atoms with E-state index in [1.165, 1.54) is 12.0 Å². The zero-order valence-corrected chi connectivity index (χ0v) is 9.28. The van der Waals surface area contributed by atoms with Crippen LogP contribution >= 0.6 is 0 Å². The van der Waals surface area contributed by atoms with Crippen molar-refractivity contribution in [2.24, 2.45) is 11.8 Å². The van der Waals surface area contributed by atoms with Crippen LogP contribution in [0.2, 0.25) is 0 Å². The van der Waals surface area contributed by atoms with Gasteiger partial charge < -0.3 is 0 Å². The van der Waals surface area contributed by atoms with Gasteiger partial charge in [0, 0.05) is 11.8 Å². The average Bonchev–Trinajstić information content (AvgIpc) is 2.26. The summed E-state index contributed by atoms with van der Waals surface area (Å²) >= 11 is 0. The van der Waals surface area contributed by atoms with E-state index in [0.717, 1.165) is 19.3 Å². The predicted octanol–water partition coefficient (Wildman–Crippen LogP) is 3.23. The predicted molar refractivity (Wildman–Crippen MR) is 61.7 cm³/mol. The molecule has 0 aliphatic heterocycles. The summed E-state index contributed by atoms with van der Waals surface area (Å²) in [5.74, 6) is 1.04. The highest BCUT2D eigenvalue weighted by Crippen LogP contribution is 2.27. The molecule has 1 fully saturated rings. The first-order valence-electron chi connectivity index (χ1n) is 5.85. The third-order valence-corrected chi connectivity index (χ3v) is 3.40. The maximum absolute atomic E-state index is 11.9. The van der Waals surface area contributed by atoms with Gasteiger partial charge in [0.05, 0.1) is 0 Å². The van der Waals surface area contributed by atoms with E-state index < -0.39 is 0 Å². The van der Waals surface area contributed by atoms with Gasteiger partial charge in [-0.15, -0.1) is 0 Å². The number of ketones is 1. The van der Waals surface area contributed by atoms with E-state index in [1.54, 1.807) is 0 Å². The Balaban J connectivity index is 2.03. The molecular weight excluding hydrogens is 184 g/mol. The second-order valence-electron chi connectivity index (χ2n) is 4.62. The topological polar surface area (TPSA) is 17.1 Å². The van der Waals surface area contributed by atoms with Gasteiger partial charge in [0.2, 0.25) is 0 Å². The maximum atomic E-state index is 11.9. The van der Waals surface area contributed by atoms with Crippen molar-refractivity contribution in [1.29, 1.82) is 0 Å². The molecule has 1 aromatic rings. The van der Waals surface area contributed by atoms with Crippen LogP contribution in [0.4, 0.5) is 0 Å². The molecule has 0 N–H and O–H groups in total. The molecule has 1 aliphatic carbocycles. The minimum absolute atomic E-state index is 0.274. The van der Waals surface area contributed by atoms with Gasteiger partial charge in [0.25, 0.3) is 0 Å². The number of carbonyl (C=O) groups is 1. The summed E-state index contributed by atoms with van der Waals surface area (Å²) in [6.07, 6.45) is 4.32. The largest absolute Gasteiger partial charge is 0.299 e. The molecule has 0 amide bonds. The average molecular weight is 202 g/mol. The standard InChI is InChI=1S/C14H18O/c1-11-6-5-9-13(14(11)15)10-12-7-3-2-4-8-12/h2-4,7-8,11,13H,5-6,9-10H2,1H3/t11-,13+/m0/s1. The van der Waals surface area contributed by atoms with Gasteiger partial charge in [-0.2, -0.15) is 0 Å². The minimum Gasteiger partial charge on any atom is -0.299 e. The molecule has 15 heavy (non-hydrogen) atoms. The van der Waals surface area contributed by atoms with Gasteiger partial charge in [-0.05, 0) is 24.8 Å². The van der Waals surface area contributed by atoms with Crippen molar-refractivity contribution in [2.45, 2.75) is 32.6 Å². The molecule has 0 bridgehead atoms. The summed E-state index contributed by atoms with van der Waals surface area (Å²) in [4.78, 5) is 11.9. The van der Waals surface area contributed by atoms with Crippen LogP contribution in [0.3, 0.4) is 0 Å². The van der Waals surface area contributed by atoms with Crippen molar-refractivity contribution in [3.8, 4) is 0 Å². The van der Waals surface area contributed by atoms with Gasteiger partial charge in [-0.25, -0.2) is 0 Å². The van der Waals surface area contributed by atoms with Gasteiger partial charge in [0.1, 0.15) is 5.78 Å². The van der Waals surface area contributed by atoms with E-state index in [-0.39, 0.29) is 11.8 Å². The van der Waals surface area contributed by atoms with Crippen LogP contribution in [0, 0.1) is 11.8 Å². The Kier molecular flexibility index (Phi) is 3.20. The first kappa shape index (κ1) is 10.4. The SMILES string of the molecule is C[C@H]1CCC[C@H](Cc2ccccc2)C1=O. The molecule has 80 valence electrons. The fourth-order valence-corrected chi connectivity index (χ4v) is 2.46. The van der Waals surface area contributed by atoms with Crippen LogP contribution in [0.1, 0.15) is 31.7 Å². The highest BCUT2D eigenvalue weighted by atomic mass is 16.1. The third kappa shape index (κ3) is 2.47. The lowest BCUT2D eigenvalue weighted by Gasteiger charge is -2.25. The monoisotopic (exact) mass is 202 g/mol. The lowest BCUT2D eigenvalue weighted by Crippen LogP contribution is -2.28. The molecule has 1 heteroatoms. The van der Waals surface area contributed by atoms with Crippen molar-refractivity contribution in [2.75, 3.05) is 0 Å². The summed E-state index contributed by atoms with van der Waals surface area (Å²) in [6.45, 7) is 2.07. The van der Waals surface area contributed by atoms with Gasteiger partial charge in [-0.1, -0.05) is 43.7 Å². The van der Waals surface area contributed by atoms with Crippen LogP contribution in [-0.2, 0) is 11.2 Å². The molecule has 2 rings (SSSR count). The van der Waals surface area contributed by atoms with Crippen LogP contribution in [0.25, 0.3) is 0 Å². The number of hydrogen-bond donors (Lipinski definition) is 0. The van der Waals surface area contributed by atoms with Crippen LogP contribution in [0.5, 0.6) is 0 Å².